The molecule has 1 aromatic rings. The lowest BCUT2D eigenvalue weighted by atomic mass is 10.3. The summed E-state index contributed by atoms with van der Waals surface area (Å²) in [5.41, 5.74) is 0.253. The maximum Gasteiger partial charge on any atom is 0.264 e. The second-order valence-corrected chi connectivity index (χ2v) is 9.35. The van der Waals surface area contributed by atoms with Crippen molar-refractivity contribution >= 4 is 35.4 Å². The summed E-state index contributed by atoms with van der Waals surface area (Å²) in [4.78, 5) is -0.199. The van der Waals surface area contributed by atoms with Gasteiger partial charge in [0.1, 0.15) is 10.6 Å². The molecule has 0 saturated heterocycles. The Hall–Kier alpha value is -0.990. The summed E-state index contributed by atoms with van der Waals surface area (Å²) >= 11 is 0. The summed E-state index contributed by atoms with van der Waals surface area (Å²) in [6, 6.07) is 3.87. The first-order valence-electron chi connectivity index (χ1n) is 6.38. The highest BCUT2D eigenvalue weighted by Crippen LogP contribution is 2.31. The Bertz CT molecular complexity index is 724. The summed E-state index contributed by atoms with van der Waals surface area (Å²) in [5.74, 6) is -0.00313. The van der Waals surface area contributed by atoms with Crippen LogP contribution in [0.2, 0.25) is 0 Å². The number of anilines is 1. The van der Waals surface area contributed by atoms with Gasteiger partial charge in [0.05, 0.1) is 18.0 Å². The predicted octanol–water partition coefficient (Wildman–Crippen LogP) is 2.31. The van der Waals surface area contributed by atoms with Gasteiger partial charge in [0.25, 0.3) is 9.05 Å². The fourth-order valence-electron chi connectivity index (χ4n) is 2.38. The van der Waals surface area contributed by atoms with Gasteiger partial charge in [0, 0.05) is 16.7 Å². The van der Waals surface area contributed by atoms with Crippen molar-refractivity contribution in [3.63, 3.8) is 0 Å². The average molecular weight is 354 g/mol. The Kier molecular flexibility index (Phi) is 4.69. The van der Waals surface area contributed by atoms with Crippen molar-refractivity contribution in [3.8, 4) is 5.75 Å². The molecule has 0 amide bonds. The molecule has 0 heterocycles. The average Bonchev–Trinajstić information content (AvgIpc) is 2.91. The van der Waals surface area contributed by atoms with Gasteiger partial charge in [-0.05, 0) is 25.0 Å². The fourth-order valence-corrected chi connectivity index (χ4v) is 4.95. The molecule has 1 fully saturated rings. The summed E-state index contributed by atoms with van der Waals surface area (Å²) in [5, 5.41) is -0.403. The zero-order valence-corrected chi connectivity index (χ0v) is 13.8. The third kappa shape index (κ3) is 3.81. The third-order valence-electron chi connectivity index (χ3n) is 3.43. The number of sulfonamides is 1. The number of benzene rings is 1. The highest BCUT2D eigenvalue weighted by Gasteiger charge is 2.29. The molecule has 0 radical (unpaired) electrons. The van der Waals surface area contributed by atoms with Crippen LogP contribution in [0.25, 0.3) is 0 Å². The van der Waals surface area contributed by atoms with Crippen molar-refractivity contribution in [1.29, 1.82) is 0 Å². The van der Waals surface area contributed by atoms with E-state index in [4.69, 9.17) is 15.4 Å². The largest absolute Gasteiger partial charge is 0.495 e. The minimum atomic E-state index is -3.95. The van der Waals surface area contributed by atoms with E-state index in [0.29, 0.717) is 12.8 Å². The van der Waals surface area contributed by atoms with Crippen molar-refractivity contribution in [2.24, 2.45) is 0 Å². The molecule has 1 aromatic carbocycles. The van der Waals surface area contributed by atoms with Crippen LogP contribution in [0, 0.1) is 0 Å². The zero-order chi connectivity index (χ0) is 15.7. The summed E-state index contributed by atoms with van der Waals surface area (Å²) in [7, 11) is -0.853. The van der Waals surface area contributed by atoms with E-state index in [1.165, 1.54) is 25.3 Å². The molecule has 1 aliphatic carbocycles. The fraction of sp³-hybridized carbons (Fsp3) is 0.500. The monoisotopic (exact) mass is 353 g/mol. The van der Waals surface area contributed by atoms with Crippen molar-refractivity contribution in [2.45, 2.75) is 35.8 Å². The second kappa shape index (κ2) is 6.02. The third-order valence-corrected chi connectivity index (χ3v) is 6.66. The van der Waals surface area contributed by atoms with Crippen LogP contribution in [0.3, 0.4) is 0 Å². The van der Waals surface area contributed by atoms with Crippen molar-refractivity contribution in [1.82, 2.24) is 0 Å². The van der Waals surface area contributed by atoms with Gasteiger partial charge in [0.2, 0.25) is 10.0 Å². The number of nitrogens with one attached hydrogen (secondary N) is 1. The summed E-state index contributed by atoms with van der Waals surface area (Å²) < 4.78 is 54.5. The number of hydrogen-bond donors (Lipinski definition) is 1. The molecular formula is C12H16ClNO5S2. The van der Waals surface area contributed by atoms with Gasteiger partial charge < -0.3 is 4.74 Å². The lowest BCUT2D eigenvalue weighted by Gasteiger charge is -2.14. The highest BCUT2D eigenvalue weighted by atomic mass is 35.7. The minimum absolute atomic E-state index is 0.00313. The van der Waals surface area contributed by atoms with Crippen molar-refractivity contribution < 1.29 is 21.6 Å². The van der Waals surface area contributed by atoms with Crippen LogP contribution in [0.5, 0.6) is 5.75 Å². The molecule has 118 valence electrons. The number of rotatable bonds is 5. The number of methoxy groups -OCH3 is 1. The van der Waals surface area contributed by atoms with Gasteiger partial charge in [0.15, 0.2) is 0 Å². The Morgan fingerprint density at radius 1 is 1.19 bits per heavy atom. The number of halogens is 1. The van der Waals surface area contributed by atoms with E-state index in [1.54, 1.807) is 0 Å². The zero-order valence-electron chi connectivity index (χ0n) is 11.4. The highest BCUT2D eigenvalue weighted by molar-refractivity contribution is 8.13. The van der Waals surface area contributed by atoms with Crippen LogP contribution in [-0.4, -0.2) is 29.2 Å². The molecule has 1 saturated carbocycles. The smallest absolute Gasteiger partial charge is 0.264 e. The molecule has 0 atom stereocenters. The molecule has 0 bridgehead atoms. The van der Waals surface area contributed by atoms with E-state index in [0.717, 1.165) is 12.8 Å². The van der Waals surface area contributed by atoms with Crippen LogP contribution >= 0.6 is 10.7 Å². The van der Waals surface area contributed by atoms with Crippen LogP contribution in [0.4, 0.5) is 5.69 Å². The van der Waals surface area contributed by atoms with Crippen LogP contribution < -0.4 is 9.46 Å². The van der Waals surface area contributed by atoms with Gasteiger partial charge in [-0.2, -0.15) is 0 Å². The molecule has 2 rings (SSSR count). The molecule has 0 unspecified atom stereocenters. The summed E-state index contributed by atoms with van der Waals surface area (Å²) in [6.45, 7) is 0. The maximum atomic E-state index is 12.2. The van der Waals surface area contributed by atoms with E-state index in [1.807, 2.05) is 0 Å². The quantitative estimate of drug-likeness (QED) is 0.820. The van der Waals surface area contributed by atoms with Gasteiger partial charge in [-0.15, -0.1) is 0 Å². The molecular weight excluding hydrogens is 338 g/mol. The molecule has 1 N–H and O–H groups in total. The van der Waals surface area contributed by atoms with E-state index >= 15 is 0 Å². The van der Waals surface area contributed by atoms with Crippen LogP contribution in [0.15, 0.2) is 23.1 Å². The van der Waals surface area contributed by atoms with Crippen molar-refractivity contribution in [3.05, 3.63) is 18.2 Å². The topological polar surface area (TPSA) is 89.5 Å². The normalized spacial score (nSPS) is 16.9. The molecule has 6 nitrogen and oxygen atoms in total. The maximum absolute atomic E-state index is 12.2. The summed E-state index contributed by atoms with van der Waals surface area (Å²) in [6.07, 6.45) is 3.08. The minimum Gasteiger partial charge on any atom is -0.495 e. The first kappa shape index (κ1) is 16.4. The lowest BCUT2D eigenvalue weighted by Crippen LogP contribution is -2.25. The molecule has 0 spiro atoms. The van der Waals surface area contributed by atoms with E-state index in [-0.39, 0.29) is 16.3 Å². The SMILES string of the molecule is COc1cc(NS(=O)(=O)C2CCCC2)ccc1S(=O)(=O)Cl. The molecule has 21 heavy (non-hydrogen) atoms. The molecule has 0 aromatic heterocycles. The lowest BCUT2D eigenvalue weighted by molar-refractivity contribution is 0.403. The van der Waals surface area contributed by atoms with Crippen molar-refractivity contribution in [2.75, 3.05) is 11.8 Å². The predicted molar refractivity (Wildman–Crippen MR) is 80.8 cm³/mol. The molecule has 1 aliphatic rings. The van der Waals surface area contributed by atoms with Gasteiger partial charge in [-0.3, -0.25) is 4.72 Å². The van der Waals surface area contributed by atoms with Gasteiger partial charge in [-0.25, -0.2) is 16.8 Å². The Labute approximate surface area is 128 Å². The number of ether oxygens (including phenoxy) is 1. The van der Waals surface area contributed by atoms with E-state index < -0.39 is 24.3 Å². The first-order chi connectivity index (χ1) is 9.74. The second-order valence-electron chi connectivity index (χ2n) is 4.86. The first-order valence-corrected chi connectivity index (χ1v) is 10.2. The van der Waals surface area contributed by atoms with Gasteiger partial charge >= 0.3 is 0 Å². The number of hydrogen-bond acceptors (Lipinski definition) is 5. The van der Waals surface area contributed by atoms with Crippen LogP contribution in [-0.2, 0) is 19.1 Å². The van der Waals surface area contributed by atoms with Crippen LogP contribution in [0.1, 0.15) is 25.7 Å². The molecule has 0 aliphatic heterocycles. The molecule has 9 heteroatoms. The Morgan fingerprint density at radius 3 is 2.33 bits per heavy atom. The van der Waals surface area contributed by atoms with E-state index in [2.05, 4.69) is 4.72 Å². The van der Waals surface area contributed by atoms with E-state index in [9.17, 15) is 16.8 Å². The Morgan fingerprint density at radius 2 is 1.81 bits per heavy atom. The Balaban J connectivity index is 2.30. The van der Waals surface area contributed by atoms with Gasteiger partial charge in [-0.1, -0.05) is 12.8 Å². The standard InChI is InChI=1S/C12H16ClNO5S2/c1-19-11-8-9(6-7-12(11)20(13,15)16)14-21(17,18)10-4-2-3-5-10/h6-8,10,14H,2-5H2,1H3.